The fourth-order valence-corrected chi connectivity index (χ4v) is 3.94. The number of fused-ring (bicyclic) bond motifs is 2. The Balaban J connectivity index is 1.33. The summed E-state index contributed by atoms with van der Waals surface area (Å²) < 4.78 is 11.2. The second-order valence-corrected chi connectivity index (χ2v) is 7.23. The van der Waals surface area contributed by atoms with E-state index in [2.05, 4.69) is 5.32 Å². The zero-order valence-electron chi connectivity index (χ0n) is 15.8. The molecule has 0 spiro atoms. The molecule has 2 aliphatic rings. The molecule has 3 aromatic carbocycles. The SMILES string of the molecule is O=C(NC1CC(=O)N(c2ccc3c(c2)OCCO3)C1)c1cccc2ccccc12. The Morgan fingerprint density at radius 3 is 2.66 bits per heavy atom. The molecule has 0 aliphatic carbocycles. The van der Waals surface area contributed by atoms with Crippen molar-refractivity contribution in [2.24, 2.45) is 0 Å². The number of nitrogens with one attached hydrogen (secondary N) is 1. The van der Waals surface area contributed by atoms with E-state index in [1.54, 1.807) is 4.90 Å². The summed E-state index contributed by atoms with van der Waals surface area (Å²) in [6.45, 7) is 1.44. The van der Waals surface area contributed by atoms with Crippen LogP contribution in [0.15, 0.2) is 60.7 Å². The molecule has 29 heavy (non-hydrogen) atoms. The van der Waals surface area contributed by atoms with Crippen molar-refractivity contribution < 1.29 is 19.1 Å². The van der Waals surface area contributed by atoms with E-state index in [0.717, 1.165) is 16.5 Å². The molecule has 2 aliphatic heterocycles. The van der Waals surface area contributed by atoms with Crippen LogP contribution >= 0.6 is 0 Å². The molecule has 1 saturated heterocycles. The predicted molar refractivity (Wildman–Crippen MR) is 110 cm³/mol. The van der Waals surface area contributed by atoms with Crippen LogP contribution in [0.4, 0.5) is 5.69 Å². The van der Waals surface area contributed by atoms with Crippen LogP contribution in [0.5, 0.6) is 11.5 Å². The van der Waals surface area contributed by atoms with E-state index in [-0.39, 0.29) is 24.3 Å². The topological polar surface area (TPSA) is 67.9 Å². The number of hydrogen-bond donors (Lipinski definition) is 1. The zero-order valence-corrected chi connectivity index (χ0v) is 15.8. The molecule has 0 aromatic heterocycles. The third-order valence-electron chi connectivity index (χ3n) is 5.33. The molecule has 6 nitrogen and oxygen atoms in total. The highest BCUT2D eigenvalue weighted by Gasteiger charge is 2.32. The maximum absolute atomic E-state index is 12.9. The summed E-state index contributed by atoms with van der Waals surface area (Å²) in [5.74, 6) is 1.14. The molecule has 146 valence electrons. The Hall–Kier alpha value is -3.54. The van der Waals surface area contributed by atoms with Gasteiger partial charge in [0, 0.05) is 30.3 Å². The van der Waals surface area contributed by atoms with E-state index >= 15 is 0 Å². The quantitative estimate of drug-likeness (QED) is 0.749. The third kappa shape index (κ3) is 3.27. The number of carbonyl (C=O) groups is 2. The van der Waals surface area contributed by atoms with Crippen LogP contribution in [0.1, 0.15) is 16.8 Å². The summed E-state index contributed by atoms with van der Waals surface area (Å²) >= 11 is 0. The van der Waals surface area contributed by atoms with Crippen molar-refractivity contribution >= 4 is 28.3 Å². The van der Waals surface area contributed by atoms with Gasteiger partial charge < -0.3 is 19.7 Å². The van der Waals surface area contributed by atoms with Crippen molar-refractivity contribution in [3.8, 4) is 11.5 Å². The van der Waals surface area contributed by atoms with E-state index in [4.69, 9.17) is 9.47 Å². The monoisotopic (exact) mass is 388 g/mol. The molecule has 5 rings (SSSR count). The first-order chi connectivity index (χ1) is 14.2. The minimum Gasteiger partial charge on any atom is -0.486 e. The van der Waals surface area contributed by atoms with Crippen molar-refractivity contribution in [1.82, 2.24) is 5.32 Å². The van der Waals surface area contributed by atoms with Crippen molar-refractivity contribution in [3.05, 3.63) is 66.2 Å². The summed E-state index contributed by atoms with van der Waals surface area (Å²) in [6.07, 6.45) is 0.269. The molecule has 2 amide bonds. The lowest BCUT2D eigenvalue weighted by Crippen LogP contribution is -2.37. The summed E-state index contributed by atoms with van der Waals surface area (Å²) in [7, 11) is 0. The van der Waals surface area contributed by atoms with Crippen LogP contribution < -0.4 is 19.7 Å². The number of rotatable bonds is 3. The van der Waals surface area contributed by atoms with Gasteiger partial charge in [-0.15, -0.1) is 0 Å². The van der Waals surface area contributed by atoms with Gasteiger partial charge in [0.05, 0.1) is 6.04 Å². The van der Waals surface area contributed by atoms with E-state index in [9.17, 15) is 9.59 Å². The highest BCUT2D eigenvalue weighted by molar-refractivity contribution is 6.07. The van der Waals surface area contributed by atoms with E-state index in [1.165, 1.54) is 0 Å². The molecule has 3 aromatic rings. The van der Waals surface area contributed by atoms with Crippen molar-refractivity contribution in [2.45, 2.75) is 12.5 Å². The first-order valence-electron chi connectivity index (χ1n) is 9.68. The Labute approximate surface area is 168 Å². The lowest BCUT2D eigenvalue weighted by molar-refractivity contribution is -0.117. The molecule has 2 heterocycles. The Morgan fingerprint density at radius 2 is 1.76 bits per heavy atom. The van der Waals surface area contributed by atoms with Gasteiger partial charge in [0.1, 0.15) is 13.2 Å². The van der Waals surface area contributed by atoms with Gasteiger partial charge in [-0.3, -0.25) is 9.59 Å². The molecule has 1 N–H and O–H groups in total. The van der Waals surface area contributed by atoms with E-state index < -0.39 is 0 Å². The summed E-state index contributed by atoms with van der Waals surface area (Å²) in [5.41, 5.74) is 1.37. The largest absolute Gasteiger partial charge is 0.486 e. The van der Waals surface area contributed by atoms with Crippen LogP contribution in [-0.2, 0) is 4.79 Å². The van der Waals surface area contributed by atoms with Gasteiger partial charge in [-0.2, -0.15) is 0 Å². The number of anilines is 1. The number of benzene rings is 3. The van der Waals surface area contributed by atoms with Crippen molar-refractivity contribution in [3.63, 3.8) is 0 Å². The fourth-order valence-electron chi connectivity index (χ4n) is 3.94. The normalized spacial score (nSPS) is 18.1. The number of hydrogen-bond acceptors (Lipinski definition) is 4. The van der Waals surface area contributed by atoms with Gasteiger partial charge >= 0.3 is 0 Å². The molecule has 1 fully saturated rings. The molecule has 0 bridgehead atoms. The maximum Gasteiger partial charge on any atom is 0.252 e. The fraction of sp³-hybridized carbons (Fsp3) is 0.217. The van der Waals surface area contributed by atoms with Crippen molar-refractivity contribution in [2.75, 3.05) is 24.7 Å². The Bertz CT molecular complexity index is 1110. The molecule has 1 atom stereocenters. The van der Waals surface area contributed by atoms with Crippen molar-refractivity contribution in [1.29, 1.82) is 0 Å². The van der Waals surface area contributed by atoms with E-state index in [1.807, 2.05) is 60.7 Å². The lowest BCUT2D eigenvalue weighted by Gasteiger charge is -2.22. The lowest BCUT2D eigenvalue weighted by atomic mass is 10.0. The molecule has 0 saturated carbocycles. The Kier molecular flexibility index (Phi) is 4.31. The average Bonchev–Trinajstić information content (AvgIpc) is 3.12. The highest BCUT2D eigenvalue weighted by atomic mass is 16.6. The van der Waals surface area contributed by atoms with Gasteiger partial charge in [0.25, 0.3) is 5.91 Å². The second kappa shape index (κ2) is 7.13. The standard InChI is InChI=1S/C23H20N2O4/c26-22-12-16(14-25(22)17-8-9-20-21(13-17)29-11-10-28-20)24-23(27)19-7-3-5-15-4-1-2-6-18(15)19/h1-9,13,16H,10-12,14H2,(H,24,27). The maximum atomic E-state index is 12.9. The van der Waals surface area contributed by atoms with Crippen LogP contribution in [-0.4, -0.2) is 37.6 Å². The van der Waals surface area contributed by atoms with Gasteiger partial charge in [0.2, 0.25) is 5.91 Å². The summed E-state index contributed by atoms with van der Waals surface area (Å²) in [5, 5.41) is 4.94. The minimum atomic E-state index is -0.248. The smallest absolute Gasteiger partial charge is 0.252 e. The third-order valence-corrected chi connectivity index (χ3v) is 5.33. The molecule has 1 unspecified atom stereocenters. The van der Waals surface area contributed by atoms with Crippen LogP contribution in [0, 0.1) is 0 Å². The summed E-state index contributed by atoms with van der Waals surface area (Å²) in [4.78, 5) is 27.2. The van der Waals surface area contributed by atoms with Crippen LogP contribution in [0.2, 0.25) is 0 Å². The number of carbonyl (C=O) groups excluding carboxylic acids is 2. The molecular weight excluding hydrogens is 368 g/mol. The van der Waals surface area contributed by atoms with Gasteiger partial charge in [-0.25, -0.2) is 0 Å². The number of nitrogens with zero attached hydrogens (tertiary/aromatic N) is 1. The molecule has 0 radical (unpaired) electrons. The average molecular weight is 388 g/mol. The number of ether oxygens (including phenoxy) is 2. The van der Waals surface area contributed by atoms with Gasteiger partial charge in [-0.1, -0.05) is 36.4 Å². The predicted octanol–water partition coefficient (Wildman–Crippen LogP) is 3.15. The Morgan fingerprint density at radius 1 is 0.966 bits per heavy atom. The number of amides is 2. The first kappa shape index (κ1) is 17.6. The van der Waals surface area contributed by atoms with Crippen LogP contribution in [0.3, 0.4) is 0 Å². The van der Waals surface area contributed by atoms with Gasteiger partial charge in [-0.05, 0) is 29.0 Å². The van der Waals surface area contributed by atoms with Gasteiger partial charge in [0.15, 0.2) is 11.5 Å². The minimum absolute atomic E-state index is 0.0232. The molecule has 6 heteroatoms. The summed E-state index contributed by atoms with van der Waals surface area (Å²) in [6, 6.07) is 18.7. The highest BCUT2D eigenvalue weighted by Crippen LogP contribution is 2.35. The second-order valence-electron chi connectivity index (χ2n) is 7.23. The molecular formula is C23H20N2O4. The first-order valence-corrected chi connectivity index (χ1v) is 9.68. The zero-order chi connectivity index (χ0) is 19.8. The van der Waals surface area contributed by atoms with E-state index in [0.29, 0.717) is 36.8 Å². The van der Waals surface area contributed by atoms with Crippen LogP contribution in [0.25, 0.3) is 10.8 Å².